The van der Waals surface area contributed by atoms with E-state index in [-0.39, 0.29) is 24.0 Å². The molecule has 0 spiro atoms. The lowest BCUT2D eigenvalue weighted by atomic mass is 10.3. The quantitative estimate of drug-likeness (QED) is 0.198. The van der Waals surface area contributed by atoms with Crippen molar-refractivity contribution in [3.8, 4) is 5.75 Å². The Morgan fingerprint density at radius 2 is 2.00 bits per heavy atom. The molecule has 0 saturated carbocycles. The van der Waals surface area contributed by atoms with Crippen molar-refractivity contribution in [2.45, 2.75) is 19.4 Å². The molecule has 0 bridgehead atoms. The summed E-state index contributed by atoms with van der Waals surface area (Å²) in [6, 6.07) is 11.6. The van der Waals surface area contributed by atoms with E-state index < -0.39 is 0 Å². The van der Waals surface area contributed by atoms with Gasteiger partial charge in [-0.2, -0.15) is 0 Å². The van der Waals surface area contributed by atoms with Gasteiger partial charge < -0.3 is 29.3 Å². The molecule has 7 nitrogen and oxygen atoms in total. The minimum atomic E-state index is 0. The fourth-order valence-corrected chi connectivity index (χ4v) is 2.32. The molecular weight excluding hydrogens is 473 g/mol. The van der Waals surface area contributed by atoms with E-state index in [1.54, 1.807) is 20.4 Å². The molecule has 0 aliphatic heterocycles. The van der Waals surface area contributed by atoms with Gasteiger partial charge in [-0.3, -0.25) is 4.99 Å². The Morgan fingerprint density at radius 1 is 1.11 bits per heavy atom. The normalized spacial score (nSPS) is 11.0. The van der Waals surface area contributed by atoms with Crippen LogP contribution in [0.3, 0.4) is 0 Å². The van der Waals surface area contributed by atoms with Gasteiger partial charge in [0.15, 0.2) is 5.96 Å². The molecule has 8 heteroatoms. The minimum absolute atomic E-state index is 0. The summed E-state index contributed by atoms with van der Waals surface area (Å²) in [6.45, 7) is 3.22. The van der Waals surface area contributed by atoms with E-state index in [0.29, 0.717) is 32.4 Å². The van der Waals surface area contributed by atoms with Crippen molar-refractivity contribution in [1.29, 1.82) is 0 Å². The van der Waals surface area contributed by atoms with Crippen LogP contribution in [0.25, 0.3) is 0 Å². The number of rotatable bonds is 12. The zero-order valence-corrected chi connectivity index (χ0v) is 18.8. The molecule has 28 heavy (non-hydrogen) atoms. The zero-order valence-electron chi connectivity index (χ0n) is 16.5. The largest absolute Gasteiger partial charge is 0.493 e. The highest BCUT2D eigenvalue weighted by molar-refractivity contribution is 14.0. The van der Waals surface area contributed by atoms with Gasteiger partial charge in [0.25, 0.3) is 0 Å². The van der Waals surface area contributed by atoms with Gasteiger partial charge in [0, 0.05) is 52.1 Å². The number of halogens is 1. The lowest BCUT2D eigenvalue weighted by molar-refractivity contribution is 0.105. The fraction of sp³-hybridized carbons (Fsp3) is 0.450. The van der Waals surface area contributed by atoms with Crippen LogP contribution in [-0.4, -0.2) is 46.5 Å². The van der Waals surface area contributed by atoms with Crippen LogP contribution in [0.4, 0.5) is 5.69 Å². The summed E-state index contributed by atoms with van der Waals surface area (Å²) in [6.07, 6.45) is 3.37. The highest BCUT2D eigenvalue weighted by atomic mass is 127. The summed E-state index contributed by atoms with van der Waals surface area (Å²) >= 11 is 0. The molecule has 156 valence electrons. The van der Waals surface area contributed by atoms with Crippen LogP contribution < -0.4 is 15.4 Å². The van der Waals surface area contributed by atoms with Crippen LogP contribution in [0.5, 0.6) is 5.75 Å². The van der Waals surface area contributed by atoms with Gasteiger partial charge >= 0.3 is 0 Å². The van der Waals surface area contributed by atoms with Crippen molar-refractivity contribution < 1.29 is 18.6 Å². The minimum Gasteiger partial charge on any atom is -0.493 e. The van der Waals surface area contributed by atoms with Crippen LogP contribution >= 0.6 is 24.0 Å². The Morgan fingerprint density at radius 3 is 2.75 bits per heavy atom. The summed E-state index contributed by atoms with van der Waals surface area (Å²) in [5.41, 5.74) is 0.918. The van der Waals surface area contributed by atoms with Gasteiger partial charge in [0.1, 0.15) is 18.1 Å². The third-order valence-corrected chi connectivity index (χ3v) is 3.66. The molecule has 1 aromatic heterocycles. The predicted molar refractivity (Wildman–Crippen MR) is 122 cm³/mol. The molecule has 0 amide bonds. The lowest BCUT2D eigenvalue weighted by Crippen LogP contribution is -2.31. The zero-order chi connectivity index (χ0) is 19.2. The van der Waals surface area contributed by atoms with Crippen molar-refractivity contribution >= 4 is 35.6 Å². The molecule has 1 heterocycles. The predicted octanol–water partition coefficient (Wildman–Crippen LogP) is 3.91. The number of hydrogen-bond acceptors (Lipinski definition) is 5. The summed E-state index contributed by atoms with van der Waals surface area (Å²) in [4.78, 5) is 4.24. The summed E-state index contributed by atoms with van der Waals surface area (Å²) < 4.78 is 21.5. The maximum absolute atomic E-state index is 5.72. The Hall–Kier alpha value is -1.78. The number of hydrogen-bond donors (Lipinski definition) is 2. The first-order valence-corrected chi connectivity index (χ1v) is 9.11. The molecule has 0 fully saturated rings. The molecule has 1 aromatic carbocycles. The molecule has 0 atom stereocenters. The van der Waals surface area contributed by atoms with Gasteiger partial charge in [0.2, 0.25) is 0 Å². The SMILES string of the molecule is CN=C(NCCCOCc1ccco1)Nc1cccc(OCCCOC)c1.I. The molecule has 0 aliphatic carbocycles. The van der Waals surface area contributed by atoms with E-state index in [1.165, 1.54) is 0 Å². The molecule has 0 saturated heterocycles. The van der Waals surface area contributed by atoms with Gasteiger partial charge in [-0.25, -0.2) is 0 Å². The number of nitrogens with zero attached hydrogens (tertiary/aromatic N) is 1. The first-order valence-electron chi connectivity index (χ1n) is 9.11. The second kappa shape index (κ2) is 15.2. The number of anilines is 1. The monoisotopic (exact) mass is 503 g/mol. The molecular formula is C20H30IN3O4. The van der Waals surface area contributed by atoms with Crippen LogP contribution in [0.1, 0.15) is 18.6 Å². The molecule has 0 unspecified atom stereocenters. The average molecular weight is 503 g/mol. The maximum Gasteiger partial charge on any atom is 0.195 e. The van der Waals surface area contributed by atoms with Gasteiger partial charge in [-0.15, -0.1) is 24.0 Å². The Balaban J connectivity index is 0.00000392. The smallest absolute Gasteiger partial charge is 0.195 e. The first kappa shape index (κ1) is 24.3. The van der Waals surface area contributed by atoms with Crippen LogP contribution in [-0.2, 0) is 16.1 Å². The van der Waals surface area contributed by atoms with E-state index in [1.807, 2.05) is 36.4 Å². The first-order chi connectivity index (χ1) is 13.3. The Bertz CT molecular complexity index is 665. The van der Waals surface area contributed by atoms with Crippen molar-refractivity contribution in [1.82, 2.24) is 5.32 Å². The average Bonchev–Trinajstić information content (AvgIpc) is 3.21. The van der Waals surface area contributed by atoms with E-state index in [4.69, 9.17) is 18.6 Å². The molecule has 0 radical (unpaired) electrons. The fourth-order valence-electron chi connectivity index (χ4n) is 2.32. The van der Waals surface area contributed by atoms with E-state index in [0.717, 1.165) is 36.6 Å². The third-order valence-electron chi connectivity index (χ3n) is 3.66. The standard InChI is InChI=1S/C20H29N3O4.HI/c1-21-20(22-10-5-12-25-16-19-9-4-13-27-19)23-17-7-3-8-18(15-17)26-14-6-11-24-2;/h3-4,7-9,13,15H,5-6,10-12,14,16H2,1-2H3,(H2,21,22,23);1H. The third kappa shape index (κ3) is 9.95. The van der Waals surface area contributed by atoms with E-state index in [9.17, 15) is 0 Å². The van der Waals surface area contributed by atoms with Gasteiger partial charge in [-0.05, 0) is 30.7 Å². The highest BCUT2D eigenvalue weighted by Crippen LogP contribution is 2.17. The number of ether oxygens (including phenoxy) is 3. The van der Waals surface area contributed by atoms with Crippen LogP contribution in [0.15, 0.2) is 52.1 Å². The maximum atomic E-state index is 5.72. The Labute approximate surface area is 183 Å². The molecule has 2 N–H and O–H groups in total. The van der Waals surface area contributed by atoms with Crippen molar-refractivity contribution in [2.75, 3.05) is 45.8 Å². The lowest BCUT2D eigenvalue weighted by Gasteiger charge is -2.13. The number of furan rings is 1. The van der Waals surface area contributed by atoms with Gasteiger partial charge in [-0.1, -0.05) is 6.07 Å². The number of methoxy groups -OCH3 is 1. The van der Waals surface area contributed by atoms with Crippen molar-refractivity contribution in [3.05, 3.63) is 48.4 Å². The number of aliphatic imine (C=N–C) groups is 1. The van der Waals surface area contributed by atoms with Crippen molar-refractivity contribution in [2.24, 2.45) is 4.99 Å². The van der Waals surface area contributed by atoms with Crippen molar-refractivity contribution in [3.63, 3.8) is 0 Å². The summed E-state index contributed by atoms with van der Waals surface area (Å²) in [5.74, 6) is 2.36. The van der Waals surface area contributed by atoms with E-state index in [2.05, 4.69) is 15.6 Å². The number of guanidine groups is 1. The number of nitrogens with one attached hydrogen (secondary N) is 2. The van der Waals surface area contributed by atoms with Crippen LogP contribution in [0.2, 0.25) is 0 Å². The summed E-state index contributed by atoms with van der Waals surface area (Å²) in [7, 11) is 3.43. The molecule has 2 rings (SSSR count). The Kier molecular flexibility index (Phi) is 13.2. The topological polar surface area (TPSA) is 77.3 Å². The number of benzene rings is 1. The second-order valence-corrected chi connectivity index (χ2v) is 5.83. The second-order valence-electron chi connectivity index (χ2n) is 5.83. The summed E-state index contributed by atoms with van der Waals surface area (Å²) in [5, 5.41) is 6.53. The highest BCUT2D eigenvalue weighted by Gasteiger charge is 2.02. The van der Waals surface area contributed by atoms with E-state index >= 15 is 0 Å². The molecule has 0 aliphatic rings. The van der Waals surface area contributed by atoms with Gasteiger partial charge in [0.05, 0.1) is 12.9 Å². The molecule has 2 aromatic rings. The van der Waals surface area contributed by atoms with Crippen LogP contribution in [0, 0.1) is 0 Å².